The van der Waals surface area contributed by atoms with Crippen molar-refractivity contribution < 1.29 is 26.0 Å². The van der Waals surface area contributed by atoms with E-state index in [-0.39, 0.29) is 41.6 Å². The molecule has 14 heteroatoms. The van der Waals surface area contributed by atoms with E-state index in [0.717, 1.165) is 0 Å². The average Bonchev–Trinajstić information content (AvgIpc) is 2.93. The molecule has 2 aromatic heterocycles. The summed E-state index contributed by atoms with van der Waals surface area (Å²) in [6.45, 7) is 4.11. The van der Waals surface area contributed by atoms with Crippen LogP contribution in [0.15, 0.2) is 53.5 Å². The van der Waals surface area contributed by atoms with Crippen LogP contribution in [0.1, 0.15) is 31.9 Å². The largest absolute Gasteiger partial charge is 0.350 e. The fourth-order valence-corrected chi connectivity index (χ4v) is 6.12. The monoisotopic (exact) mass is 604 g/mol. The maximum Gasteiger partial charge on any atom is 0.260 e. The number of fused-ring (bicyclic) bond motifs is 1. The fraction of sp³-hybridized carbons (Fsp3) is 0.321. The molecule has 9 nitrogen and oxygen atoms in total. The zero-order valence-electron chi connectivity index (χ0n) is 22.7. The van der Waals surface area contributed by atoms with Crippen molar-refractivity contribution in [2.24, 2.45) is 0 Å². The van der Waals surface area contributed by atoms with Crippen LogP contribution in [0, 0.1) is 17.5 Å². The first-order valence-electron chi connectivity index (χ1n) is 13.2. The van der Waals surface area contributed by atoms with E-state index in [2.05, 4.69) is 20.6 Å². The molecule has 4 aromatic rings. The maximum atomic E-state index is 15.4. The second-order valence-corrected chi connectivity index (χ2v) is 12.1. The van der Waals surface area contributed by atoms with Crippen molar-refractivity contribution in [1.82, 2.24) is 19.9 Å². The molecule has 42 heavy (non-hydrogen) atoms. The van der Waals surface area contributed by atoms with Crippen LogP contribution in [0.4, 0.5) is 29.2 Å². The molecule has 0 radical (unpaired) electrons. The number of alkyl halides is 1. The molecule has 0 spiro atoms. The SMILES string of the molecule is CC(C)n1c(=O)c(-c2cc(F)c(NS(=O)(=O)Cc3ccccc3)c(F)c2F)cc2cnc(N[C@@H]3CNC[C@@H](F)C3)nc21. The van der Waals surface area contributed by atoms with Gasteiger partial charge in [-0.3, -0.25) is 14.1 Å². The van der Waals surface area contributed by atoms with Gasteiger partial charge in [0, 0.05) is 48.7 Å². The predicted octanol–water partition coefficient (Wildman–Crippen LogP) is 4.51. The lowest BCUT2D eigenvalue weighted by Crippen LogP contribution is -2.44. The van der Waals surface area contributed by atoms with Crippen molar-refractivity contribution in [3.8, 4) is 11.1 Å². The van der Waals surface area contributed by atoms with E-state index < -0.39 is 62.3 Å². The van der Waals surface area contributed by atoms with Crippen molar-refractivity contribution >= 4 is 32.7 Å². The standard InChI is InChI=1S/C28H28F4N6O3S/c1-15(2)38-26-17(11-34-28(36-26)35-19-9-18(29)12-33-13-19)8-21(27(38)39)20-10-22(30)25(24(32)23(20)31)37-42(40,41)14-16-6-4-3-5-7-16/h3-8,10-11,15,18-19,33,37H,9,12-14H2,1-2H3,(H,34,35,36)/t18-,19-/m0/s1. The Kier molecular flexibility index (Phi) is 8.19. The predicted molar refractivity (Wildman–Crippen MR) is 152 cm³/mol. The number of pyridine rings is 1. The van der Waals surface area contributed by atoms with Crippen LogP contribution in [0.25, 0.3) is 22.2 Å². The second-order valence-electron chi connectivity index (χ2n) is 10.4. The van der Waals surface area contributed by atoms with Crippen molar-refractivity contribution in [2.75, 3.05) is 23.1 Å². The van der Waals surface area contributed by atoms with Gasteiger partial charge in [0.2, 0.25) is 16.0 Å². The molecule has 1 aliphatic heterocycles. The highest BCUT2D eigenvalue weighted by molar-refractivity contribution is 7.91. The highest BCUT2D eigenvalue weighted by Gasteiger charge is 2.27. The molecule has 1 aliphatic rings. The number of nitrogens with one attached hydrogen (secondary N) is 3. The number of benzene rings is 2. The topological polar surface area (TPSA) is 118 Å². The van der Waals surface area contributed by atoms with Crippen molar-refractivity contribution in [3.63, 3.8) is 0 Å². The van der Waals surface area contributed by atoms with E-state index in [1.165, 1.54) is 29.0 Å². The highest BCUT2D eigenvalue weighted by atomic mass is 32.2. The van der Waals surface area contributed by atoms with Gasteiger partial charge >= 0.3 is 0 Å². The summed E-state index contributed by atoms with van der Waals surface area (Å²) >= 11 is 0. The number of anilines is 2. The molecule has 3 heterocycles. The number of sulfonamides is 1. The van der Waals surface area contributed by atoms with Crippen LogP contribution in [-0.2, 0) is 15.8 Å². The number of nitrogens with zero attached hydrogens (tertiary/aromatic N) is 3. The number of hydrogen-bond acceptors (Lipinski definition) is 7. The summed E-state index contributed by atoms with van der Waals surface area (Å²) in [5, 5.41) is 6.29. The van der Waals surface area contributed by atoms with Gasteiger partial charge in [0.25, 0.3) is 5.56 Å². The highest BCUT2D eigenvalue weighted by Crippen LogP contribution is 2.32. The minimum atomic E-state index is -4.31. The molecule has 0 saturated carbocycles. The van der Waals surface area contributed by atoms with E-state index in [0.29, 0.717) is 18.2 Å². The Morgan fingerprint density at radius 2 is 1.81 bits per heavy atom. The molecule has 2 aromatic carbocycles. The van der Waals surface area contributed by atoms with Crippen LogP contribution in [0.3, 0.4) is 0 Å². The third kappa shape index (κ3) is 6.09. The third-order valence-corrected chi connectivity index (χ3v) is 8.05. The molecule has 2 atom stereocenters. The van der Waals surface area contributed by atoms with E-state index in [1.807, 2.05) is 0 Å². The van der Waals surface area contributed by atoms with Crippen LogP contribution < -0.4 is 20.9 Å². The van der Waals surface area contributed by atoms with Crippen LogP contribution in [-0.4, -0.2) is 48.3 Å². The number of hydrogen-bond donors (Lipinski definition) is 3. The van der Waals surface area contributed by atoms with Gasteiger partial charge < -0.3 is 10.6 Å². The molecule has 0 amide bonds. The molecule has 1 saturated heterocycles. The lowest BCUT2D eigenvalue weighted by Gasteiger charge is -2.26. The molecule has 0 unspecified atom stereocenters. The molecule has 5 rings (SSSR count). The minimum Gasteiger partial charge on any atom is -0.350 e. The Morgan fingerprint density at radius 1 is 1.07 bits per heavy atom. The first-order chi connectivity index (χ1) is 19.9. The Morgan fingerprint density at radius 3 is 2.50 bits per heavy atom. The smallest absolute Gasteiger partial charge is 0.260 e. The number of aromatic nitrogens is 3. The van der Waals surface area contributed by atoms with E-state index in [4.69, 9.17) is 0 Å². The molecule has 3 N–H and O–H groups in total. The van der Waals surface area contributed by atoms with Gasteiger partial charge in [0.05, 0.1) is 11.3 Å². The summed E-state index contributed by atoms with van der Waals surface area (Å²) in [5.74, 6) is -5.24. The van der Waals surface area contributed by atoms with E-state index in [1.54, 1.807) is 36.8 Å². The van der Waals surface area contributed by atoms with Crippen molar-refractivity contribution in [2.45, 2.75) is 44.3 Å². The average molecular weight is 605 g/mol. The van der Waals surface area contributed by atoms with Gasteiger partial charge in [0.15, 0.2) is 17.5 Å². The lowest BCUT2D eigenvalue weighted by molar-refractivity contribution is 0.254. The summed E-state index contributed by atoms with van der Waals surface area (Å²) in [7, 11) is -4.31. The van der Waals surface area contributed by atoms with Gasteiger partial charge in [-0.25, -0.2) is 31.0 Å². The molecular weight excluding hydrogens is 576 g/mol. The molecule has 1 fully saturated rings. The lowest BCUT2D eigenvalue weighted by atomic mass is 10.0. The Labute approximate surface area is 239 Å². The molecular formula is C28H28F4N6O3S. The first-order valence-corrected chi connectivity index (χ1v) is 14.8. The summed E-state index contributed by atoms with van der Waals surface area (Å²) in [6.07, 6.45) is 0.584. The normalized spacial score (nSPS) is 17.5. The zero-order chi connectivity index (χ0) is 30.2. The summed E-state index contributed by atoms with van der Waals surface area (Å²) < 4.78 is 87.7. The number of halogens is 4. The van der Waals surface area contributed by atoms with Crippen LogP contribution in [0.2, 0.25) is 0 Å². The second kappa shape index (κ2) is 11.7. The summed E-state index contributed by atoms with van der Waals surface area (Å²) in [5.41, 5.74) is -2.49. The van der Waals surface area contributed by atoms with E-state index in [9.17, 15) is 17.6 Å². The van der Waals surface area contributed by atoms with Gasteiger partial charge in [0.1, 0.15) is 17.5 Å². The Hall–Kier alpha value is -4.04. The quantitative estimate of drug-likeness (QED) is 0.200. The minimum absolute atomic E-state index is 0.153. The zero-order valence-corrected chi connectivity index (χ0v) is 23.5. The number of piperidine rings is 1. The molecule has 222 valence electrons. The van der Waals surface area contributed by atoms with E-state index >= 15 is 13.2 Å². The van der Waals surface area contributed by atoms with Gasteiger partial charge in [-0.05, 0) is 31.5 Å². The van der Waals surface area contributed by atoms with Crippen LogP contribution >= 0.6 is 0 Å². The Bertz CT molecular complexity index is 1800. The van der Waals surface area contributed by atoms with Crippen molar-refractivity contribution in [3.05, 3.63) is 82.0 Å². The third-order valence-electron chi connectivity index (χ3n) is 6.83. The van der Waals surface area contributed by atoms with Crippen molar-refractivity contribution in [1.29, 1.82) is 0 Å². The van der Waals surface area contributed by atoms with Crippen LogP contribution in [0.5, 0.6) is 0 Å². The Balaban J connectivity index is 1.53. The van der Waals surface area contributed by atoms with Gasteiger partial charge in [-0.15, -0.1) is 0 Å². The van der Waals surface area contributed by atoms with Gasteiger partial charge in [-0.2, -0.15) is 4.98 Å². The molecule has 0 bridgehead atoms. The molecule has 0 aliphatic carbocycles. The maximum absolute atomic E-state index is 15.4. The summed E-state index contributed by atoms with van der Waals surface area (Å²) in [6, 6.07) is 8.93. The first kappa shape index (κ1) is 29.5. The number of rotatable bonds is 8. The van der Waals surface area contributed by atoms with Gasteiger partial charge in [-0.1, -0.05) is 30.3 Å². The fourth-order valence-electron chi connectivity index (χ4n) is 4.91. The summed E-state index contributed by atoms with van der Waals surface area (Å²) in [4.78, 5) is 22.2.